The van der Waals surface area contributed by atoms with Crippen LogP contribution in [0.4, 0.5) is 0 Å². The van der Waals surface area contributed by atoms with E-state index >= 15 is 0 Å². The van der Waals surface area contributed by atoms with E-state index < -0.39 is 0 Å². The van der Waals surface area contributed by atoms with Crippen LogP contribution in [0.3, 0.4) is 0 Å². The van der Waals surface area contributed by atoms with Crippen molar-refractivity contribution in [1.29, 1.82) is 0 Å². The fourth-order valence-electron chi connectivity index (χ4n) is 4.60. The van der Waals surface area contributed by atoms with E-state index in [2.05, 4.69) is 87.5 Å². The van der Waals surface area contributed by atoms with Crippen molar-refractivity contribution in [3.8, 4) is 11.1 Å². The molecule has 0 radical (unpaired) electrons. The fraction of sp³-hybridized carbons (Fsp3) is 0.214. The predicted octanol–water partition coefficient (Wildman–Crippen LogP) is 8.21. The molecule has 29 heavy (non-hydrogen) atoms. The highest BCUT2D eigenvalue weighted by molar-refractivity contribution is 7.21. The largest absolute Gasteiger partial charge is 0.134 e. The van der Waals surface area contributed by atoms with E-state index in [1.165, 1.54) is 59.5 Å². The molecule has 0 N–H and O–H groups in total. The normalized spacial score (nSPS) is 13.8. The van der Waals surface area contributed by atoms with Gasteiger partial charge in [-0.3, -0.25) is 0 Å². The Kier molecular flexibility index (Phi) is 4.64. The summed E-state index contributed by atoms with van der Waals surface area (Å²) >= 11 is 1.97. The van der Waals surface area contributed by atoms with E-state index in [0.29, 0.717) is 0 Å². The molecule has 0 bridgehead atoms. The molecule has 0 saturated carbocycles. The zero-order valence-electron chi connectivity index (χ0n) is 17.4. The minimum absolute atomic E-state index is 1.08. The first-order chi connectivity index (χ1) is 14.2. The molecule has 1 heteroatoms. The third-order valence-corrected chi connectivity index (χ3v) is 7.71. The van der Waals surface area contributed by atoms with E-state index in [9.17, 15) is 0 Å². The number of benzene rings is 3. The lowest BCUT2D eigenvalue weighted by Crippen LogP contribution is -2.04. The van der Waals surface area contributed by atoms with Crippen LogP contribution in [0.1, 0.15) is 47.4 Å². The molecule has 1 aliphatic rings. The van der Waals surface area contributed by atoms with Crippen molar-refractivity contribution in [1.82, 2.24) is 0 Å². The summed E-state index contributed by atoms with van der Waals surface area (Å²) in [6.45, 7) is 6.83. The summed E-state index contributed by atoms with van der Waals surface area (Å²) in [4.78, 5) is 1.45. The molecular weight excluding hydrogens is 368 g/mol. The molecule has 1 heterocycles. The van der Waals surface area contributed by atoms with Crippen LogP contribution in [-0.2, 0) is 12.8 Å². The molecule has 0 spiro atoms. The van der Waals surface area contributed by atoms with E-state index in [0.717, 1.165) is 19.3 Å². The summed E-state index contributed by atoms with van der Waals surface area (Å²) in [5.41, 5.74) is 11.4. The van der Waals surface area contributed by atoms with Gasteiger partial charge in [0, 0.05) is 9.58 Å². The highest BCUT2D eigenvalue weighted by atomic mass is 32.1. The zero-order chi connectivity index (χ0) is 20.0. The standard InChI is InChI=1S/C28H26S/c1-4-20-13-16-22(17-14-20)25-11-7-10-23-19(3)27(29-28(23)25)26-18(2)12-15-21-8-5-6-9-24(21)26/h5-11,13-14,16-17H,4,12,15H2,1-3H3. The van der Waals surface area contributed by atoms with Gasteiger partial charge < -0.3 is 0 Å². The predicted molar refractivity (Wildman–Crippen MR) is 128 cm³/mol. The molecule has 1 aliphatic carbocycles. The molecule has 4 aromatic rings. The molecule has 144 valence electrons. The second-order valence-electron chi connectivity index (χ2n) is 8.10. The van der Waals surface area contributed by atoms with E-state index in [1.807, 2.05) is 11.3 Å². The number of hydrogen-bond donors (Lipinski definition) is 0. The maximum Gasteiger partial charge on any atom is 0.0430 e. The Balaban J connectivity index is 1.72. The maximum atomic E-state index is 2.32. The molecular formula is C28H26S. The van der Waals surface area contributed by atoms with Crippen LogP contribution in [0, 0.1) is 6.92 Å². The molecule has 3 aromatic carbocycles. The van der Waals surface area contributed by atoms with Crippen molar-refractivity contribution >= 4 is 27.0 Å². The number of fused-ring (bicyclic) bond motifs is 2. The summed E-state index contributed by atoms with van der Waals surface area (Å²) in [7, 11) is 0. The monoisotopic (exact) mass is 394 g/mol. The van der Waals surface area contributed by atoms with Crippen LogP contribution < -0.4 is 0 Å². The number of allylic oxidation sites excluding steroid dienone is 1. The lowest BCUT2D eigenvalue weighted by Gasteiger charge is -2.21. The second-order valence-corrected chi connectivity index (χ2v) is 9.12. The first-order valence-electron chi connectivity index (χ1n) is 10.6. The second kappa shape index (κ2) is 7.31. The Morgan fingerprint density at radius 2 is 1.55 bits per heavy atom. The van der Waals surface area contributed by atoms with Gasteiger partial charge in [0.25, 0.3) is 0 Å². The van der Waals surface area contributed by atoms with Gasteiger partial charge in [0.05, 0.1) is 0 Å². The quantitative estimate of drug-likeness (QED) is 0.328. The summed E-state index contributed by atoms with van der Waals surface area (Å²) in [6, 6.07) is 24.8. The Labute approximate surface area is 177 Å². The van der Waals surface area contributed by atoms with Gasteiger partial charge in [-0.25, -0.2) is 0 Å². The van der Waals surface area contributed by atoms with Crippen LogP contribution in [0.2, 0.25) is 0 Å². The Bertz CT molecular complexity index is 1240. The third kappa shape index (κ3) is 3.05. The molecule has 0 amide bonds. The average molecular weight is 395 g/mol. The van der Waals surface area contributed by atoms with Crippen LogP contribution in [0.25, 0.3) is 26.8 Å². The molecule has 5 rings (SSSR count). The molecule has 0 fully saturated rings. The molecule has 0 nitrogen and oxygen atoms in total. The summed E-state index contributed by atoms with van der Waals surface area (Å²) < 4.78 is 1.41. The number of rotatable bonds is 3. The van der Waals surface area contributed by atoms with Crippen molar-refractivity contribution in [2.45, 2.75) is 40.0 Å². The lowest BCUT2D eigenvalue weighted by atomic mass is 9.84. The van der Waals surface area contributed by atoms with Crippen LogP contribution in [-0.4, -0.2) is 0 Å². The van der Waals surface area contributed by atoms with Crippen LogP contribution in [0.15, 0.2) is 72.3 Å². The number of hydrogen-bond acceptors (Lipinski definition) is 1. The Morgan fingerprint density at radius 1 is 0.793 bits per heavy atom. The fourth-order valence-corrected chi connectivity index (χ4v) is 6.08. The summed E-state index contributed by atoms with van der Waals surface area (Å²) in [5, 5.41) is 1.39. The number of thiophene rings is 1. The smallest absolute Gasteiger partial charge is 0.0430 e. The molecule has 0 unspecified atom stereocenters. The van der Waals surface area contributed by atoms with Gasteiger partial charge in [0.15, 0.2) is 0 Å². The van der Waals surface area contributed by atoms with Gasteiger partial charge in [-0.05, 0) is 77.4 Å². The Hall–Kier alpha value is -2.64. The van der Waals surface area contributed by atoms with Gasteiger partial charge in [0.1, 0.15) is 0 Å². The maximum absolute atomic E-state index is 2.32. The molecule has 0 aliphatic heterocycles. The van der Waals surface area contributed by atoms with Crippen molar-refractivity contribution in [3.63, 3.8) is 0 Å². The molecule has 0 atom stereocenters. The highest BCUT2D eigenvalue weighted by Gasteiger charge is 2.22. The van der Waals surface area contributed by atoms with Gasteiger partial charge in [-0.15, -0.1) is 11.3 Å². The van der Waals surface area contributed by atoms with Gasteiger partial charge in [0.2, 0.25) is 0 Å². The van der Waals surface area contributed by atoms with Gasteiger partial charge in [-0.1, -0.05) is 79.2 Å². The first-order valence-corrected chi connectivity index (χ1v) is 11.4. The summed E-state index contributed by atoms with van der Waals surface area (Å²) in [6.07, 6.45) is 3.40. The zero-order valence-corrected chi connectivity index (χ0v) is 18.2. The third-order valence-electron chi connectivity index (χ3n) is 6.35. The highest BCUT2D eigenvalue weighted by Crippen LogP contribution is 2.45. The minimum Gasteiger partial charge on any atom is -0.134 e. The molecule has 1 aromatic heterocycles. The van der Waals surface area contributed by atoms with Crippen LogP contribution in [0.5, 0.6) is 0 Å². The van der Waals surface area contributed by atoms with E-state index in [-0.39, 0.29) is 0 Å². The SMILES string of the molecule is CCc1ccc(-c2cccc3c(C)c(C4=C(C)CCc5ccccc54)sc23)cc1. The van der Waals surface area contributed by atoms with E-state index in [1.54, 1.807) is 0 Å². The van der Waals surface area contributed by atoms with Crippen molar-refractivity contribution in [2.75, 3.05) is 0 Å². The van der Waals surface area contributed by atoms with Crippen LogP contribution >= 0.6 is 11.3 Å². The number of aryl methyl sites for hydroxylation is 3. The summed E-state index contributed by atoms with van der Waals surface area (Å²) in [5.74, 6) is 0. The Morgan fingerprint density at radius 3 is 2.34 bits per heavy atom. The first kappa shape index (κ1) is 18.4. The lowest BCUT2D eigenvalue weighted by molar-refractivity contribution is 0.919. The van der Waals surface area contributed by atoms with Gasteiger partial charge in [-0.2, -0.15) is 0 Å². The van der Waals surface area contributed by atoms with Crippen molar-refractivity contribution in [2.24, 2.45) is 0 Å². The van der Waals surface area contributed by atoms with Crippen molar-refractivity contribution in [3.05, 3.63) is 99.4 Å². The average Bonchev–Trinajstić information content (AvgIpc) is 3.10. The minimum atomic E-state index is 1.08. The van der Waals surface area contributed by atoms with E-state index in [4.69, 9.17) is 0 Å². The van der Waals surface area contributed by atoms with Gasteiger partial charge >= 0.3 is 0 Å². The molecule has 0 saturated heterocycles. The topological polar surface area (TPSA) is 0 Å². The van der Waals surface area contributed by atoms with Crippen molar-refractivity contribution < 1.29 is 0 Å².